The molecule has 138 valence electrons. The van der Waals surface area contributed by atoms with Crippen LogP contribution in [0.3, 0.4) is 0 Å². The fraction of sp³-hybridized carbons (Fsp3) is 0.421. The van der Waals surface area contributed by atoms with Crippen molar-refractivity contribution in [3.63, 3.8) is 0 Å². The highest BCUT2D eigenvalue weighted by Gasteiger charge is 2.27. The Hall–Kier alpha value is -2.67. The highest BCUT2D eigenvalue weighted by atomic mass is 16.6. The van der Waals surface area contributed by atoms with E-state index >= 15 is 0 Å². The highest BCUT2D eigenvalue weighted by molar-refractivity contribution is 5.96. The van der Waals surface area contributed by atoms with Gasteiger partial charge < -0.3 is 9.73 Å². The molecule has 0 bridgehead atoms. The molecular formula is C19H23N3O4. The summed E-state index contributed by atoms with van der Waals surface area (Å²) in [7, 11) is 0. The molecule has 1 aromatic heterocycles. The topological polar surface area (TPSA) is 88.6 Å². The van der Waals surface area contributed by atoms with Gasteiger partial charge in [-0.3, -0.25) is 19.8 Å². The number of likely N-dealkylation sites (tertiary alicyclic amines) is 1. The number of benzene rings is 1. The molecule has 26 heavy (non-hydrogen) atoms. The van der Waals surface area contributed by atoms with Crippen LogP contribution in [-0.2, 0) is 0 Å². The molecule has 1 aliphatic heterocycles. The summed E-state index contributed by atoms with van der Waals surface area (Å²) in [4.78, 5) is 25.4. The third-order valence-corrected chi connectivity index (χ3v) is 4.80. The van der Waals surface area contributed by atoms with E-state index in [4.69, 9.17) is 4.42 Å². The van der Waals surface area contributed by atoms with Crippen LogP contribution in [-0.4, -0.2) is 35.4 Å². The lowest BCUT2D eigenvalue weighted by molar-refractivity contribution is -0.384. The zero-order valence-electron chi connectivity index (χ0n) is 15.0. The fourth-order valence-corrected chi connectivity index (χ4v) is 3.35. The van der Waals surface area contributed by atoms with Gasteiger partial charge in [0.05, 0.1) is 11.0 Å². The molecule has 1 aromatic carbocycles. The van der Waals surface area contributed by atoms with Crippen molar-refractivity contribution in [3.8, 4) is 0 Å². The van der Waals surface area contributed by atoms with Gasteiger partial charge in [-0.15, -0.1) is 0 Å². The predicted molar refractivity (Wildman–Crippen MR) is 97.2 cm³/mol. The van der Waals surface area contributed by atoms with Gasteiger partial charge in [0, 0.05) is 24.2 Å². The van der Waals surface area contributed by atoms with Crippen LogP contribution in [0.2, 0.25) is 0 Å². The number of hydrogen-bond acceptors (Lipinski definition) is 5. The summed E-state index contributed by atoms with van der Waals surface area (Å²) >= 11 is 0. The molecule has 2 aromatic rings. The maximum Gasteiger partial charge on any atom is 0.270 e. The summed E-state index contributed by atoms with van der Waals surface area (Å²) in [6.45, 7) is 6.00. The monoisotopic (exact) mass is 357 g/mol. The molecule has 0 radical (unpaired) electrons. The van der Waals surface area contributed by atoms with E-state index in [9.17, 15) is 14.9 Å². The normalized spacial score (nSPS) is 15.8. The quantitative estimate of drug-likeness (QED) is 0.632. The first-order valence-electron chi connectivity index (χ1n) is 8.79. The van der Waals surface area contributed by atoms with E-state index in [-0.39, 0.29) is 17.6 Å². The van der Waals surface area contributed by atoms with Crippen molar-refractivity contribution >= 4 is 11.6 Å². The van der Waals surface area contributed by atoms with E-state index in [1.165, 1.54) is 12.1 Å². The number of nitro groups is 1. The minimum absolute atomic E-state index is 0.0332. The number of nitrogens with one attached hydrogen (secondary N) is 1. The van der Waals surface area contributed by atoms with Gasteiger partial charge in [-0.1, -0.05) is 6.07 Å². The van der Waals surface area contributed by atoms with Crippen molar-refractivity contribution in [2.45, 2.75) is 32.7 Å². The first-order chi connectivity index (χ1) is 12.5. The Labute approximate surface area is 152 Å². The number of nitro benzene ring substituents is 1. The highest BCUT2D eigenvalue weighted by Crippen LogP contribution is 2.26. The third kappa shape index (κ3) is 3.94. The Morgan fingerprint density at radius 1 is 1.27 bits per heavy atom. The van der Waals surface area contributed by atoms with E-state index in [1.807, 2.05) is 19.1 Å². The van der Waals surface area contributed by atoms with Gasteiger partial charge >= 0.3 is 0 Å². The van der Waals surface area contributed by atoms with Crippen molar-refractivity contribution in [3.05, 3.63) is 63.1 Å². The van der Waals surface area contributed by atoms with Gasteiger partial charge in [0.25, 0.3) is 11.6 Å². The van der Waals surface area contributed by atoms with Crippen molar-refractivity contribution < 1.29 is 14.1 Å². The number of carbonyl (C=O) groups excluding carboxylic acids is 1. The van der Waals surface area contributed by atoms with Gasteiger partial charge in [-0.2, -0.15) is 0 Å². The largest absolute Gasteiger partial charge is 0.465 e. The second-order valence-corrected chi connectivity index (χ2v) is 6.67. The van der Waals surface area contributed by atoms with Crippen LogP contribution in [0, 0.1) is 24.0 Å². The molecule has 1 amide bonds. The Morgan fingerprint density at radius 3 is 2.62 bits per heavy atom. The average Bonchev–Trinajstić information content (AvgIpc) is 3.27. The molecule has 0 aliphatic carbocycles. The smallest absolute Gasteiger partial charge is 0.270 e. The Kier molecular flexibility index (Phi) is 5.37. The minimum Gasteiger partial charge on any atom is -0.465 e. The number of carbonyl (C=O) groups is 1. The van der Waals surface area contributed by atoms with Crippen LogP contribution in [0.4, 0.5) is 5.69 Å². The van der Waals surface area contributed by atoms with E-state index in [2.05, 4.69) is 10.2 Å². The number of amides is 1. The zero-order valence-corrected chi connectivity index (χ0v) is 15.0. The second-order valence-electron chi connectivity index (χ2n) is 6.67. The lowest BCUT2D eigenvalue weighted by Crippen LogP contribution is -2.36. The van der Waals surface area contributed by atoms with Crippen molar-refractivity contribution in [1.29, 1.82) is 0 Å². The van der Waals surface area contributed by atoms with Crippen LogP contribution in [0.1, 0.15) is 46.3 Å². The van der Waals surface area contributed by atoms with E-state index in [0.29, 0.717) is 17.7 Å². The molecule has 7 nitrogen and oxygen atoms in total. The lowest BCUT2D eigenvalue weighted by Gasteiger charge is -2.26. The van der Waals surface area contributed by atoms with Crippen LogP contribution in [0.15, 0.2) is 34.7 Å². The number of nitrogens with zero attached hydrogens (tertiary/aromatic N) is 2. The molecule has 2 heterocycles. The molecule has 0 saturated carbocycles. The number of aryl methyl sites for hydroxylation is 2. The number of hydrogen-bond donors (Lipinski definition) is 1. The first-order valence-corrected chi connectivity index (χ1v) is 8.79. The number of rotatable bonds is 6. The van der Waals surface area contributed by atoms with Crippen LogP contribution < -0.4 is 5.32 Å². The second kappa shape index (κ2) is 7.70. The molecule has 1 fully saturated rings. The van der Waals surface area contributed by atoms with Gasteiger partial charge in [-0.25, -0.2) is 0 Å². The summed E-state index contributed by atoms with van der Waals surface area (Å²) in [5.74, 6) is 1.36. The molecule has 0 spiro atoms. The maximum absolute atomic E-state index is 12.6. The molecular weight excluding hydrogens is 334 g/mol. The van der Waals surface area contributed by atoms with Crippen LogP contribution in [0.25, 0.3) is 0 Å². The Morgan fingerprint density at radius 2 is 2.00 bits per heavy atom. The summed E-state index contributed by atoms with van der Waals surface area (Å²) in [6, 6.07) is 8.17. The van der Waals surface area contributed by atoms with Crippen molar-refractivity contribution in [2.24, 2.45) is 0 Å². The molecule has 1 unspecified atom stereocenters. The zero-order chi connectivity index (χ0) is 18.7. The van der Waals surface area contributed by atoms with Crippen LogP contribution >= 0.6 is 0 Å². The van der Waals surface area contributed by atoms with Gasteiger partial charge in [-0.05, 0) is 57.5 Å². The Balaban J connectivity index is 1.75. The summed E-state index contributed by atoms with van der Waals surface area (Å²) in [5, 5.41) is 13.9. The molecule has 1 aliphatic rings. The summed E-state index contributed by atoms with van der Waals surface area (Å²) in [5.41, 5.74) is 0.952. The fourth-order valence-electron chi connectivity index (χ4n) is 3.35. The molecule has 1 N–H and O–H groups in total. The lowest BCUT2D eigenvalue weighted by atomic mass is 10.1. The molecule has 7 heteroatoms. The number of non-ortho nitro benzene ring substituents is 1. The summed E-state index contributed by atoms with van der Waals surface area (Å²) in [6.07, 6.45) is 2.27. The average molecular weight is 357 g/mol. The van der Waals surface area contributed by atoms with E-state index < -0.39 is 4.92 Å². The third-order valence-electron chi connectivity index (χ3n) is 4.80. The summed E-state index contributed by atoms with van der Waals surface area (Å²) < 4.78 is 5.79. The predicted octanol–water partition coefficient (Wildman–Crippen LogP) is 3.37. The number of furan rings is 1. The minimum atomic E-state index is -0.491. The van der Waals surface area contributed by atoms with Gasteiger partial charge in [0.15, 0.2) is 0 Å². The standard InChI is InChI=1S/C19H23N3O4/c1-13-5-7-15(22(24)25)11-16(13)19(23)20-12-17(21-9-3-4-10-21)18-8-6-14(2)26-18/h5-8,11,17H,3-4,9-10,12H2,1-2H3,(H,20,23). The van der Waals surface area contributed by atoms with Gasteiger partial charge in [0.1, 0.15) is 11.5 Å². The Bertz CT molecular complexity index is 809. The van der Waals surface area contributed by atoms with Crippen molar-refractivity contribution in [1.82, 2.24) is 10.2 Å². The maximum atomic E-state index is 12.6. The molecule has 1 atom stereocenters. The van der Waals surface area contributed by atoms with E-state index in [0.717, 1.165) is 37.5 Å². The van der Waals surface area contributed by atoms with Crippen LogP contribution in [0.5, 0.6) is 0 Å². The SMILES string of the molecule is Cc1ccc(C(CNC(=O)c2cc([N+](=O)[O-])ccc2C)N2CCCC2)o1. The van der Waals surface area contributed by atoms with Crippen molar-refractivity contribution in [2.75, 3.05) is 19.6 Å². The first kappa shape index (κ1) is 18.1. The van der Waals surface area contributed by atoms with Gasteiger partial charge in [0.2, 0.25) is 0 Å². The van der Waals surface area contributed by atoms with E-state index in [1.54, 1.807) is 13.0 Å². The molecule has 3 rings (SSSR count). The molecule has 1 saturated heterocycles.